The van der Waals surface area contributed by atoms with Gasteiger partial charge in [-0.15, -0.1) is 0 Å². The van der Waals surface area contributed by atoms with Crippen LogP contribution in [0.1, 0.15) is 25.8 Å². The van der Waals surface area contributed by atoms with E-state index in [9.17, 15) is 19.7 Å². The second-order valence-electron chi connectivity index (χ2n) is 4.98. The van der Waals surface area contributed by atoms with Gasteiger partial charge in [-0.3, -0.25) is 19.7 Å². The molecule has 0 spiro atoms. The number of carbonyl (C=O) groups is 2. The summed E-state index contributed by atoms with van der Waals surface area (Å²) in [7, 11) is 0. The molecular weight excluding hydrogens is 288 g/mol. The molecule has 2 amide bonds. The Morgan fingerprint density at radius 2 is 2.00 bits per heavy atom. The van der Waals surface area contributed by atoms with Gasteiger partial charge in [-0.2, -0.15) is 5.10 Å². The third-order valence-corrected chi connectivity index (χ3v) is 2.55. The Morgan fingerprint density at radius 3 is 2.64 bits per heavy atom. The van der Waals surface area contributed by atoms with Crippen LogP contribution in [-0.4, -0.2) is 29.5 Å². The standard InChI is InChI=1S/C14H18N4O4/c1-10(2)8-15-13(19)7-14(20)17-16-9-11-5-3-4-6-12(11)18(21)22/h3-6,9-10H,7-8H2,1-2H3,(H,15,19)(H,17,20)/b16-9+. The van der Waals surface area contributed by atoms with Crippen molar-refractivity contribution in [1.29, 1.82) is 0 Å². The van der Waals surface area contributed by atoms with Gasteiger partial charge < -0.3 is 5.32 Å². The highest BCUT2D eigenvalue weighted by molar-refractivity contribution is 5.97. The minimum Gasteiger partial charge on any atom is -0.355 e. The summed E-state index contributed by atoms with van der Waals surface area (Å²) in [6, 6.07) is 5.99. The molecule has 0 aliphatic carbocycles. The van der Waals surface area contributed by atoms with Crippen LogP contribution in [0.5, 0.6) is 0 Å². The van der Waals surface area contributed by atoms with Crippen molar-refractivity contribution in [3.63, 3.8) is 0 Å². The van der Waals surface area contributed by atoms with E-state index in [1.54, 1.807) is 6.07 Å². The molecule has 0 radical (unpaired) electrons. The van der Waals surface area contributed by atoms with Gasteiger partial charge in [-0.25, -0.2) is 5.43 Å². The van der Waals surface area contributed by atoms with E-state index in [0.717, 1.165) is 0 Å². The van der Waals surface area contributed by atoms with Crippen LogP contribution in [0.4, 0.5) is 5.69 Å². The zero-order valence-corrected chi connectivity index (χ0v) is 12.4. The fourth-order valence-electron chi connectivity index (χ4n) is 1.50. The SMILES string of the molecule is CC(C)CNC(=O)CC(=O)N/N=C/c1ccccc1[N+](=O)[O-]. The molecule has 0 saturated heterocycles. The molecule has 22 heavy (non-hydrogen) atoms. The van der Waals surface area contributed by atoms with E-state index in [-0.39, 0.29) is 17.7 Å². The molecule has 118 valence electrons. The van der Waals surface area contributed by atoms with Crippen LogP contribution in [0.25, 0.3) is 0 Å². The maximum atomic E-state index is 11.5. The van der Waals surface area contributed by atoms with Crippen LogP contribution in [0.15, 0.2) is 29.4 Å². The van der Waals surface area contributed by atoms with Crippen LogP contribution in [0.3, 0.4) is 0 Å². The lowest BCUT2D eigenvalue weighted by molar-refractivity contribution is -0.385. The van der Waals surface area contributed by atoms with Gasteiger partial charge in [0.2, 0.25) is 11.8 Å². The largest absolute Gasteiger partial charge is 0.355 e. The molecule has 8 nitrogen and oxygen atoms in total. The highest BCUT2D eigenvalue weighted by Gasteiger charge is 2.11. The minimum absolute atomic E-state index is 0.116. The first-order valence-corrected chi connectivity index (χ1v) is 6.72. The second kappa shape index (κ2) is 8.50. The minimum atomic E-state index is -0.587. The summed E-state index contributed by atoms with van der Waals surface area (Å²) < 4.78 is 0. The monoisotopic (exact) mass is 306 g/mol. The van der Waals surface area contributed by atoms with E-state index in [0.29, 0.717) is 12.5 Å². The molecule has 0 heterocycles. The zero-order chi connectivity index (χ0) is 16.5. The van der Waals surface area contributed by atoms with E-state index in [1.807, 2.05) is 13.8 Å². The van der Waals surface area contributed by atoms with Crippen LogP contribution < -0.4 is 10.7 Å². The first-order chi connectivity index (χ1) is 10.4. The van der Waals surface area contributed by atoms with Gasteiger partial charge in [0.15, 0.2) is 0 Å². The molecule has 0 aliphatic rings. The number of nitro benzene ring substituents is 1. The second-order valence-corrected chi connectivity index (χ2v) is 4.98. The number of nitrogens with zero attached hydrogens (tertiary/aromatic N) is 2. The van der Waals surface area contributed by atoms with Crippen molar-refractivity contribution in [3.05, 3.63) is 39.9 Å². The summed E-state index contributed by atoms with van der Waals surface area (Å²) in [5, 5.41) is 17.0. The molecule has 1 aromatic rings. The number of nitrogens with one attached hydrogen (secondary N) is 2. The number of amides is 2. The van der Waals surface area contributed by atoms with Crippen LogP contribution in [0.2, 0.25) is 0 Å². The Morgan fingerprint density at radius 1 is 1.32 bits per heavy atom. The van der Waals surface area contributed by atoms with Crippen molar-refractivity contribution in [2.75, 3.05) is 6.54 Å². The molecule has 0 saturated carbocycles. The van der Waals surface area contributed by atoms with Crippen molar-refractivity contribution in [3.8, 4) is 0 Å². The molecule has 2 N–H and O–H groups in total. The van der Waals surface area contributed by atoms with E-state index in [4.69, 9.17) is 0 Å². The van der Waals surface area contributed by atoms with Gasteiger partial charge >= 0.3 is 0 Å². The summed E-state index contributed by atoms with van der Waals surface area (Å²) in [5.41, 5.74) is 2.31. The van der Waals surface area contributed by atoms with Gasteiger partial charge in [0.1, 0.15) is 6.42 Å². The summed E-state index contributed by atoms with van der Waals surface area (Å²) in [6.45, 7) is 4.38. The van der Waals surface area contributed by atoms with Crippen LogP contribution in [-0.2, 0) is 9.59 Å². The lowest BCUT2D eigenvalue weighted by Crippen LogP contribution is -2.32. The van der Waals surface area contributed by atoms with Crippen molar-refractivity contribution >= 4 is 23.7 Å². The van der Waals surface area contributed by atoms with E-state index in [1.165, 1.54) is 24.4 Å². The number of hydrazone groups is 1. The number of para-hydroxylation sites is 1. The molecule has 0 aromatic heterocycles. The first-order valence-electron chi connectivity index (χ1n) is 6.72. The van der Waals surface area contributed by atoms with Crippen LogP contribution in [0, 0.1) is 16.0 Å². The van der Waals surface area contributed by atoms with Gasteiger partial charge in [0, 0.05) is 12.6 Å². The van der Waals surface area contributed by atoms with Crippen molar-refractivity contribution in [1.82, 2.24) is 10.7 Å². The number of carbonyl (C=O) groups excluding carboxylic acids is 2. The molecular formula is C14H18N4O4. The van der Waals surface area contributed by atoms with Gasteiger partial charge in [0.25, 0.3) is 5.69 Å². The first kappa shape index (κ1) is 17.3. The number of benzene rings is 1. The third-order valence-electron chi connectivity index (χ3n) is 2.55. The predicted octanol–water partition coefficient (Wildman–Crippen LogP) is 1.21. The highest BCUT2D eigenvalue weighted by Crippen LogP contribution is 2.14. The topological polar surface area (TPSA) is 114 Å². The van der Waals surface area contributed by atoms with E-state index < -0.39 is 16.7 Å². The van der Waals surface area contributed by atoms with Crippen molar-refractivity contribution < 1.29 is 14.5 Å². The smallest absolute Gasteiger partial charge is 0.278 e. The van der Waals surface area contributed by atoms with Gasteiger partial charge in [-0.05, 0) is 12.0 Å². The quantitative estimate of drug-likeness (QED) is 0.341. The molecule has 0 aliphatic heterocycles. The Hall–Kier alpha value is -2.77. The summed E-state index contributed by atoms with van der Waals surface area (Å²) >= 11 is 0. The number of hydrogen-bond donors (Lipinski definition) is 2. The zero-order valence-electron chi connectivity index (χ0n) is 12.4. The van der Waals surface area contributed by atoms with E-state index >= 15 is 0 Å². The predicted molar refractivity (Wildman–Crippen MR) is 81.3 cm³/mol. The number of rotatable bonds is 7. The average Bonchev–Trinajstić information content (AvgIpc) is 2.45. The van der Waals surface area contributed by atoms with Crippen LogP contribution >= 0.6 is 0 Å². The molecule has 0 fully saturated rings. The molecule has 0 bridgehead atoms. The fraction of sp³-hybridized carbons (Fsp3) is 0.357. The van der Waals surface area contributed by atoms with Crippen molar-refractivity contribution in [2.45, 2.75) is 20.3 Å². The summed E-state index contributed by atoms with van der Waals surface area (Å²) in [6.07, 6.45) is 0.822. The Bertz CT molecular complexity index is 584. The fourth-order valence-corrected chi connectivity index (χ4v) is 1.50. The molecule has 8 heteroatoms. The van der Waals surface area contributed by atoms with Crippen molar-refractivity contribution in [2.24, 2.45) is 11.0 Å². The summed E-state index contributed by atoms with van der Waals surface area (Å²) in [4.78, 5) is 33.2. The van der Waals surface area contributed by atoms with E-state index in [2.05, 4.69) is 15.8 Å². The molecule has 0 unspecified atom stereocenters. The van der Waals surface area contributed by atoms with Gasteiger partial charge in [-0.1, -0.05) is 26.0 Å². The Labute approximate surface area is 127 Å². The molecule has 1 rings (SSSR count). The number of hydrogen-bond acceptors (Lipinski definition) is 5. The highest BCUT2D eigenvalue weighted by atomic mass is 16.6. The lowest BCUT2D eigenvalue weighted by atomic mass is 10.2. The average molecular weight is 306 g/mol. The Balaban J connectivity index is 2.50. The van der Waals surface area contributed by atoms with Gasteiger partial charge in [0.05, 0.1) is 16.7 Å². The molecule has 0 atom stereocenters. The number of nitro groups is 1. The normalized spacial score (nSPS) is 10.7. The summed E-state index contributed by atoms with van der Waals surface area (Å²) in [5.74, 6) is -0.688. The molecule has 1 aromatic carbocycles. The maximum absolute atomic E-state index is 11.5. The Kier molecular flexibility index (Phi) is 6.68. The third kappa shape index (κ3) is 6.12. The maximum Gasteiger partial charge on any atom is 0.278 e. The lowest BCUT2D eigenvalue weighted by Gasteiger charge is -2.06.